The van der Waals surface area contributed by atoms with E-state index in [9.17, 15) is 8.42 Å². The molecule has 7 heteroatoms. The van der Waals surface area contributed by atoms with E-state index in [0.717, 1.165) is 25.9 Å². The van der Waals surface area contributed by atoms with E-state index in [1.165, 1.54) is 6.07 Å². The lowest BCUT2D eigenvalue weighted by atomic mass is 10.0. The van der Waals surface area contributed by atoms with Crippen molar-refractivity contribution in [3.05, 3.63) is 18.2 Å². The maximum absolute atomic E-state index is 12.3. The van der Waals surface area contributed by atoms with Crippen molar-refractivity contribution in [3.63, 3.8) is 0 Å². The molecule has 0 bridgehead atoms. The third-order valence-corrected chi connectivity index (χ3v) is 5.21. The van der Waals surface area contributed by atoms with E-state index < -0.39 is 10.0 Å². The number of ether oxygens (including phenoxy) is 2. The number of hydrogen-bond acceptors (Lipinski definition) is 5. The van der Waals surface area contributed by atoms with Crippen LogP contribution in [0.4, 0.5) is 0 Å². The number of piperidine rings is 1. The monoisotopic (exact) mass is 312 g/mol. The maximum atomic E-state index is 12.3. The van der Waals surface area contributed by atoms with Gasteiger partial charge in [-0.25, -0.2) is 13.1 Å². The van der Waals surface area contributed by atoms with E-state index in [4.69, 9.17) is 9.47 Å². The summed E-state index contributed by atoms with van der Waals surface area (Å²) in [4.78, 5) is 0.218. The Kier molecular flexibility index (Phi) is 4.32. The summed E-state index contributed by atoms with van der Waals surface area (Å²) in [6.45, 7) is 3.28. The van der Waals surface area contributed by atoms with E-state index >= 15 is 0 Å². The van der Waals surface area contributed by atoms with Crippen molar-refractivity contribution < 1.29 is 17.9 Å². The van der Waals surface area contributed by atoms with Crippen LogP contribution in [0.3, 0.4) is 0 Å². The second kappa shape index (κ2) is 6.21. The first-order chi connectivity index (χ1) is 10.1. The summed E-state index contributed by atoms with van der Waals surface area (Å²) in [5.74, 6) is 1.44. The molecule has 1 aromatic carbocycles. The smallest absolute Gasteiger partial charge is 0.240 e. The van der Waals surface area contributed by atoms with Gasteiger partial charge in [0.15, 0.2) is 11.5 Å². The minimum atomic E-state index is -3.51. The Morgan fingerprint density at radius 3 is 2.81 bits per heavy atom. The van der Waals surface area contributed by atoms with Gasteiger partial charge in [0.1, 0.15) is 13.2 Å². The maximum Gasteiger partial charge on any atom is 0.240 e. The molecule has 0 aliphatic carbocycles. The quantitative estimate of drug-likeness (QED) is 0.857. The predicted molar refractivity (Wildman–Crippen MR) is 78.2 cm³/mol. The van der Waals surface area contributed by atoms with Gasteiger partial charge in [0, 0.05) is 12.6 Å². The molecular weight excluding hydrogens is 292 g/mol. The number of sulfonamides is 1. The molecule has 2 heterocycles. The van der Waals surface area contributed by atoms with Gasteiger partial charge in [0.25, 0.3) is 0 Å². The van der Waals surface area contributed by atoms with Crippen LogP contribution in [-0.2, 0) is 10.0 Å². The van der Waals surface area contributed by atoms with E-state index in [0.29, 0.717) is 37.2 Å². The highest BCUT2D eigenvalue weighted by Gasteiger charge is 2.21. The van der Waals surface area contributed by atoms with Gasteiger partial charge < -0.3 is 14.8 Å². The molecule has 3 rings (SSSR count). The van der Waals surface area contributed by atoms with Gasteiger partial charge in [-0.1, -0.05) is 0 Å². The second-order valence-electron chi connectivity index (χ2n) is 5.37. The molecule has 0 radical (unpaired) electrons. The molecule has 21 heavy (non-hydrogen) atoms. The topological polar surface area (TPSA) is 76.7 Å². The minimum Gasteiger partial charge on any atom is -0.486 e. The van der Waals surface area contributed by atoms with Crippen molar-refractivity contribution in [1.29, 1.82) is 0 Å². The van der Waals surface area contributed by atoms with E-state index in [1.807, 2.05) is 0 Å². The Hall–Kier alpha value is -1.31. The van der Waals surface area contributed by atoms with Crippen LogP contribution in [0.15, 0.2) is 23.1 Å². The van der Waals surface area contributed by atoms with Gasteiger partial charge >= 0.3 is 0 Å². The lowest BCUT2D eigenvalue weighted by Gasteiger charge is -2.23. The Morgan fingerprint density at radius 1 is 1.24 bits per heavy atom. The molecule has 0 amide bonds. The molecule has 0 spiro atoms. The van der Waals surface area contributed by atoms with Crippen molar-refractivity contribution in [2.24, 2.45) is 5.92 Å². The molecule has 0 saturated carbocycles. The highest BCUT2D eigenvalue weighted by Crippen LogP contribution is 2.32. The van der Waals surface area contributed by atoms with Gasteiger partial charge in [-0.3, -0.25) is 0 Å². The molecule has 1 fully saturated rings. The van der Waals surface area contributed by atoms with Gasteiger partial charge in [-0.2, -0.15) is 0 Å². The summed E-state index contributed by atoms with van der Waals surface area (Å²) in [6, 6.07) is 4.72. The summed E-state index contributed by atoms with van der Waals surface area (Å²) >= 11 is 0. The van der Waals surface area contributed by atoms with Crippen molar-refractivity contribution in [2.45, 2.75) is 17.7 Å². The third-order valence-electron chi connectivity index (χ3n) is 3.78. The van der Waals surface area contributed by atoms with Crippen molar-refractivity contribution in [3.8, 4) is 11.5 Å². The van der Waals surface area contributed by atoms with Crippen LogP contribution in [0.25, 0.3) is 0 Å². The molecule has 1 unspecified atom stereocenters. The lowest BCUT2D eigenvalue weighted by Crippen LogP contribution is -2.38. The largest absolute Gasteiger partial charge is 0.486 e. The summed E-state index contributed by atoms with van der Waals surface area (Å²) in [7, 11) is -3.51. The molecule has 2 N–H and O–H groups in total. The lowest BCUT2D eigenvalue weighted by molar-refractivity contribution is 0.171. The molecule has 0 aromatic heterocycles. The first-order valence-electron chi connectivity index (χ1n) is 7.25. The highest BCUT2D eigenvalue weighted by atomic mass is 32.2. The van der Waals surface area contributed by atoms with Crippen LogP contribution in [0.1, 0.15) is 12.8 Å². The van der Waals surface area contributed by atoms with Gasteiger partial charge in [0.2, 0.25) is 10.0 Å². The predicted octanol–water partition coefficient (Wildman–Crippen LogP) is 0.736. The Bertz CT molecular complexity index is 597. The molecular formula is C14H20N2O4S. The first kappa shape index (κ1) is 14.6. The average molecular weight is 312 g/mol. The van der Waals surface area contributed by atoms with Crippen LogP contribution in [0, 0.1) is 5.92 Å². The fourth-order valence-corrected chi connectivity index (χ4v) is 3.73. The summed E-state index contributed by atoms with van der Waals surface area (Å²) in [5.41, 5.74) is 0. The molecule has 116 valence electrons. The molecule has 1 atom stereocenters. The number of fused-ring (bicyclic) bond motifs is 1. The van der Waals surface area contributed by atoms with Crippen LogP contribution in [0.5, 0.6) is 11.5 Å². The zero-order valence-electron chi connectivity index (χ0n) is 11.8. The van der Waals surface area contributed by atoms with Gasteiger partial charge in [-0.05, 0) is 44.0 Å². The highest BCUT2D eigenvalue weighted by molar-refractivity contribution is 7.89. The van der Waals surface area contributed by atoms with Gasteiger partial charge in [-0.15, -0.1) is 0 Å². The normalized spacial score (nSPS) is 22.0. The minimum absolute atomic E-state index is 0.218. The SMILES string of the molecule is O=S(=O)(NCC1CCCNC1)c1ccc2c(c1)OCCO2. The first-order valence-corrected chi connectivity index (χ1v) is 8.73. The van der Waals surface area contributed by atoms with Crippen LogP contribution in [0.2, 0.25) is 0 Å². The average Bonchev–Trinajstić information content (AvgIpc) is 2.53. The number of nitrogens with one attached hydrogen (secondary N) is 2. The zero-order chi connectivity index (χ0) is 14.7. The molecule has 1 saturated heterocycles. The summed E-state index contributed by atoms with van der Waals surface area (Å²) in [6.07, 6.45) is 2.15. The summed E-state index contributed by atoms with van der Waals surface area (Å²) < 4.78 is 38.2. The van der Waals surface area contributed by atoms with Crippen molar-refractivity contribution >= 4 is 10.0 Å². The standard InChI is InChI=1S/C14H20N2O4S/c17-21(18,16-10-11-2-1-5-15-9-11)12-3-4-13-14(8-12)20-7-6-19-13/h3-4,8,11,15-16H,1-2,5-7,9-10H2. The number of rotatable bonds is 4. The zero-order valence-corrected chi connectivity index (χ0v) is 12.6. The fourth-order valence-electron chi connectivity index (χ4n) is 2.60. The van der Waals surface area contributed by atoms with Crippen LogP contribution >= 0.6 is 0 Å². The van der Waals surface area contributed by atoms with E-state index in [1.54, 1.807) is 12.1 Å². The Balaban J connectivity index is 1.69. The Morgan fingerprint density at radius 2 is 2.05 bits per heavy atom. The summed E-state index contributed by atoms with van der Waals surface area (Å²) in [5, 5.41) is 3.28. The molecule has 2 aliphatic heterocycles. The number of hydrogen-bond donors (Lipinski definition) is 2. The second-order valence-corrected chi connectivity index (χ2v) is 7.14. The molecule has 2 aliphatic rings. The number of benzene rings is 1. The van der Waals surface area contributed by atoms with Crippen molar-refractivity contribution in [2.75, 3.05) is 32.8 Å². The van der Waals surface area contributed by atoms with Crippen LogP contribution < -0.4 is 19.5 Å². The van der Waals surface area contributed by atoms with Gasteiger partial charge in [0.05, 0.1) is 4.90 Å². The third kappa shape index (κ3) is 3.48. The fraction of sp³-hybridized carbons (Fsp3) is 0.571. The Labute approximate surface area is 124 Å². The van der Waals surface area contributed by atoms with E-state index in [2.05, 4.69) is 10.0 Å². The van der Waals surface area contributed by atoms with E-state index in [-0.39, 0.29) is 4.90 Å². The van der Waals surface area contributed by atoms with Crippen LogP contribution in [-0.4, -0.2) is 41.3 Å². The molecule has 6 nitrogen and oxygen atoms in total. The van der Waals surface area contributed by atoms with Crippen molar-refractivity contribution in [1.82, 2.24) is 10.0 Å². The molecule has 1 aromatic rings.